The standard InChI is InChI=1S/C20H18N4O2S/c1-13(19(25)26-2)27-20-21-18-17(22-23-20)15-10-6-7-11-16(15)24(18)12-14-8-4-3-5-9-14/h3-11,13H,12H2,1-2H3/t13-/m0/s1. The molecule has 0 aliphatic rings. The van der Waals surface area contributed by atoms with Crippen LogP contribution in [0.5, 0.6) is 0 Å². The Kier molecular flexibility index (Phi) is 4.77. The molecule has 2 aromatic carbocycles. The van der Waals surface area contributed by atoms with Crippen molar-refractivity contribution in [3.05, 3.63) is 60.2 Å². The van der Waals surface area contributed by atoms with Gasteiger partial charge in [0, 0.05) is 11.9 Å². The number of hydrogen-bond donors (Lipinski definition) is 0. The molecular weight excluding hydrogens is 360 g/mol. The molecule has 0 amide bonds. The van der Waals surface area contributed by atoms with E-state index < -0.39 is 5.25 Å². The van der Waals surface area contributed by atoms with Gasteiger partial charge in [-0.25, -0.2) is 4.98 Å². The van der Waals surface area contributed by atoms with E-state index in [1.807, 2.05) is 36.4 Å². The predicted octanol–water partition coefficient (Wildman–Crippen LogP) is 3.68. The first-order valence-electron chi connectivity index (χ1n) is 8.57. The second-order valence-corrected chi connectivity index (χ2v) is 7.45. The van der Waals surface area contributed by atoms with Crippen molar-refractivity contribution in [3.8, 4) is 0 Å². The Balaban J connectivity index is 1.82. The smallest absolute Gasteiger partial charge is 0.318 e. The van der Waals surface area contributed by atoms with Gasteiger partial charge in [0.05, 0.1) is 12.6 Å². The fraction of sp³-hybridized carbons (Fsp3) is 0.200. The number of fused-ring (bicyclic) bond motifs is 3. The molecule has 0 aliphatic heterocycles. The highest BCUT2D eigenvalue weighted by atomic mass is 32.2. The van der Waals surface area contributed by atoms with E-state index in [1.54, 1.807) is 6.92 Å². The summed E-state index contributed by atoms with van der Waals surface area (Å²) in [5.41, 5.74) is 3.75. The average molecular weight is 378 g/mol. The van der Waals surface area contributed by atoms with E-state index in [0.29, 0.717) is 11.7 Å². The zero-order chi connectivity index (χ0) is 18.8. The Morgan fingerprint density at radius 1 is 1.11 bits per heavy atom. The molecular formula is C20H18N4O2S. The molecule has 2 heterocycles. The van der Waals surface area contributed by atoms with E-state index in [1.165, 1.54) is 24.4 Å². The summed E-state index contributed by atoms with van der Waals surface area (Å²) in [5.74, 6) is -0.312. The lowest BCUT2D eigenvalue weighted by Crippen LogP contribution is -2.15. The fourth-order valence-corrected chi connectivity index (χ4v) is 3.77. The number of para-hydroxylation sites is 1. The molecule has 0 aliphatic carbocycles. The van der Waals surface area contributed by atoms with Crippen LogP contribution < -0.4 is 0 Å². The number of carbonyl (C=O) groups is 1. The predicted molar refractivity (Wildman–Crippen MR) is 106 cm³/mol. The Morgan fingerprint density at radius 3 is 2.63 bits per heavy atom. The lowest BCUT2D eigenvalue weighted by Gasteiger charge is -2.09. The molecule has 136 valence electrons. The van der Waals surface area contributed by atoms with Gasteiger partial charge < -0.3 is 9.30 Å². The maximum absolute atomic E-state index is 11.7. The normalized spacial score (nSPS) is 12.4. The minimum absolute atomic E-state index is 0.312. The molecule has 0 spiro atoms. The Bertz CT molecular complexity index is 1110. The summed E-state index contributed by atoms with van der Waals surface area (Å²) in [6.07, 6.45) is 0. The third-order valence-electron chi connectivity index (χ3n) is 4.35. The van der Waals surface area contributed by atoms with Crippen molar-refractivity contribution in [2.24, 2.45) is 0 Å². The highest BCUT2D eigenvalue weighted by Crippen LogP contribution is 2.29. The van der Waals surface area contributed by atoms with Crippen LogP contribution in [0.4, 0.5) is 0 Å². The number of methoxy groups -OCH3 is 1. The fourth-order valence-electron chi connectivity index (χ4n) is 3.04. The van der Waals surface area contributed by atoms with Crippen LogP contribution >= 0.6 is 11.8 Å². The van der Waals surface area contributed by atoms with Crippen molar-refractivity contribution in [3.63, 3.8) is 0 Å². The van der Waals surface area contributed by atoms with Crippen LogP contribution in [0.2, 0.25) is 0 Å². The summed E-state index contributed by atoms with van der Waals surface area (Å²) in [6.45, 7) is 2.45. The second-order valence-electron chi connectivity index (χ2n) is 6.14. The summed E-state index contributed by atoms with van der Waals surface area (Å²) >= 11 is 1.24. The van der Waals surface area contributed by atoms with E-state index in [9.17, 15) is 4.79 Å². The van der Waals surface area contributed by atoms with Gasteiger partial charge in [-0.3, -0.25) is 4.79 Å². The topological polar surface area (TPSA) is 69.9 Å². The van der Waals surface area contributed by atoms with E-state index in [-0.39, 0.29) is 5.97 Å². The molecule has 6 nitrogen and oxygen atoms in total. The van der Waals surface area contributed by atoms with Gasteiger partial charge in [0.15, 0.2) is 5.65 Å². The Hall–Kier alpha value is -2.93. The molecule has 0 saturated heterocycles. The highest BCUT2D eigenvalue weighted by Gasteiger charge is 2.19. The molecule has 0 unspecified atom stereocenters. The van der Waals surface area contributed by atoms with Crippen molar-refractivity contribution in [2.75, 3.05) is 7.11 Å². The van der Waals surface area contributed by atoms with Gasteiger partial charge in [0.25, 0.3) is 0 Å². The van der Waals surface area contributed by atoms with Gasteiger partial charge in [-0.1, -0.05) is 60.3 Å². The molecule has 27 heavy (non-hydrogen) atoms. The lowest BCUT2D eigenvalue weighted by molar-refractivity contribution is -0.139. The van der Waals surface area contributed by atoms with Crippen LogP contribution in [0, 0.1) is 0 Å². The van der Waals surface area contributed by atoms with E-state index in [0.717, 1.165) is 22.1 Å². The number of esters is 1. The maximum atomic E-state index is 11.7. The summed E-state index contributed by atoms with van der Waals surface area (Å²) in [6, 6.07) is 18.3. The molecule has 1 atom stereocenters. The number of rotatable bonds is 5. The first-order chi connectivity index (χ1) is 13.2. The summed E-state index contributed by atoms with van der Waals surface area (Å²) in [4.78, 5) is 16.4. The number of ether oxygens (including phenoxy) is 1. The van der Waals surface area contributed by atoms with Gasteiger partial charge in [-0.2, -0.15) is 0 Å². The number of nitrogens with zero attached hydrogens (tertiary/aromatic N) is 4. The van der Waals surface area contributed by atoms with Gasteiger partial charge in [0.1, 0.15) is 10.8 Å². The Morgan fingerprint density at radius 2 is 1.85 bits per heavy atom. The molecule has 0 saturated carbocycles. The van der Waals surface area contributed by atoms with Crippen LogP contribution in [0.25, 0.3) is 22.1 Å². The number of carbonyl (C=O) groups excluding carboxylic acids is 1. The molecule has 0 bridgehead atoms. The summed E-state index contributed by atoms with van der Waals surface area (Å²) < 4.78 is 6.92. The van der Waals surface area contributed by atoms with Crippen LogP contribution in [0.3, 0.4) is 0 Å². The van der Waals surface area contributed by atoms with Crippen molar-refractivity contribution in [2.45, 2.75) is 23.9 Å². The summed E-state index contributed by atoms with van der Waals surface area (Å²) in [7, 11) is 1.37. The number of aromatic nitrogens is 4. The number of thioether (sulfide) groups is 1. The second kappa shape index (κ2) is 7.36. The largest absolute Gasteiger partial charge is 0.468 e. The third-order valence-corrected chi connectivity index (χ3v) is 5.28. The number of benzene rings is 2. The van der Waals surface area contributed by atoms with E-state index in [2.05, 4.69) is 33.0 Å². The average Bonchev–Trinajstić information content (AvgIpc) is 3.01. The van der Waals surface area contributed by atoms with Crippen molar-refractivity contribution in [1.29, 1.82) is 0 Å². The van der Waals surface area contributed by atoms with Crippen molar-refractivity contribution in [1.82, 2.24) is 19.7 Å². The zero-order valence-electron chi connectivity index (χ0n) is 15.0. The lowest BCUT2D eigenvalue weighted by atomic mass is 10.2. The quantitative estimate of drug-likeness (QED) is 0.390. The molecule has 4 rings (SSSR count). The molecule has 4 aromatic rings. The minimum Gasteiger partial charge on any atom is -0.468 e. The van der Waals surface area contributed by atoms with Crippen molar-refractivity contribution < 1.29 is 9.53 Å². The number of hydrogen-bond acceptors (Lipinski definition) is 6. The third kappa shape index (κ3) is 3.38. The minimum atomic E-state index is -0.402. The van der Waals surface area contributed by atoms with E-state index >= 15 is 0 Å². The van der Waals surface area contributed by atoms with Gasteiger partial charge in [0.2, 0.25) is 5.16 Å². The molecule has 0 N–H and O–H groups in total. The SMILES string of the molecule is COC(=O)[C@H](C)Sc1nnc2c3ccccc3n(Cc3ccccc3)c2n1. The van der Waals surface area contributed by atoms with Crippen LogP contribution in [0.1, 0.15) is 12.5 Å². The molecule has 7 heteroatoms. The van der Waals surface area contributed by atoms with Crippen molar-refractivity contribution >= 4 is 39.8 Å². The molecule has 0 fully saturated rings. The Labute approximate surface area is 160 Å². The zero-order valence-corrected chi connectivity index (χ0v) is 15.8. The van der Waals surface area contributed by atoms with Crippen LogP contribution in [-0.2, 0) is 16.1 Å². The van der Waals surface area contributed by atoms with Gasteiger partial charge >= 0.3 is 5.97 Å². The van der Waals surface area contributed by atoms with E-state index in [4.69, 9.17) is 9.72 Å². The van der Waals surface area contributed by atoms with Gasteiger partial charge in [-0.05, 0) is 18.6 Å². The highest BCUT2D eigenvalue weighted by molar-refractivity contribution is 8.00. The summed E-state index contributed by atoms with van der Waals surface area (Å²) in [5, 5.41) is 9.69. The first-order valence-corrected chi connectivity index (χ1v) is 9.45. The van der Waals surface area contributed by atoms with Crippen LogP contribution in [-0.4, -0.2) is 38.1 Å². The maximum Gasteiger partial charge on any atom is 0.318 e. The van der Waals surface area contributed by atoms with Gasteiger partial charge in [-0.15, -0.1) is 10.2 Å². The van der Waals surface area contributed by atoms with Crippen LogP contribution in [0.15, 0.2) is 59.8 Å². The molecule has 0 radical (unpaired) electrons. The molecule has 2 aromatic heterocycles. The first kappa shape index (κ1) is 17.5. The monoisotopic (exact) mass is 378 g/mol.